The van der Waals surface area contributed by atoms with Gasteiger partial charge in [-0.1, -0.05) is 69.6 Å². The highest BCUT2D eigenvalue weighted by molar-refractivity contribution is 6.51. The Bertz CT molecular complexity index is 147. The molecule has 0 aromatic heterocycles. The lowest BCUT2D eigenvalue weighted by Gasteiger charge is -2.23. The molecule has 1 nitrogen and oxygen atoms in total. The Morgan fingerprint density at radius 1 is 0.846 bits per heavy atom. The molecule has 0 radical (unpaired) electrons. The first-order valence-corrected chi connectivity index (χ1v) is 5.00. The Hall–Kier alpha value is 1.56. The topological polar surface area (TPSA) is 9.23 Å². The van der Waals surface area contributed by atoms with Crippen LogP contribution in [0.25, 0.3) is 0 Å². The molecule has 80 valence electrons. The Morgan fingerprint density at radius 2 is 1.08 bits per heavy atom. The molecule has 0 spiro atoms. The summed E-state index contributed by atoms with van der Waals surface area (Å²) in [5.41, 5.74) is -3.79. The molecule has 0 heterocycles. The third-order valence-electron chi connectivity index (χ3n) is 0.754. The molecule has 2 unspecified atom stereocenters. The van der Waals surface area contributed by atoms with E-state index in [9.17, 15) is 8.78 Å². The normalized spacial score (nSPS) is 18.5. The average molecular weight is 317 g/mol. The van der Waals surface area contributed by atoms with Crippen LogP contribution >= 0.6 is 69.6 Å². The Balaban J connectivity index is 4.15. The molecule has 13 heavy (non-hydrogen) atoms. The highest BCUT2D eigenvalue weighted by Gasteiger charge is 2.42. The lowest BCUT2D eigenvalue weighted by molar-refractivity contribution is 0.0131. The summed E-state index contributed by atoms with van der Waals surface area (Å²) in [7, 11) is 0. The molecule has 0 aliphatic heterocycles. The number of hydrogen-bond donors (Lipinski definition) is 0. The van der Waals surface area contributed by atoms with E-state index in [1.54, 1.807) is 0 Å². The van der Waals surface area contributed by atoms with E-state index in [0.29, 0.717) is 0 Å². The van der Waals surface area contributed by atoms with Gasteiger partial charge in [-0.15, -0.1) is 0 Å². The molecule has 0 N–H and O–H groups in total. The molecule has 0 aliphatic carbocycles. The summed E-state index contributed by atoms with van der Waals surface area (Å²) in [6.45, 7) is 0. The zero-order valence-electron chi connectivity index (χ0n) is 5.59. The van der Waals surface area contributed by atoms with Crippen LogP contribution in [-0.2, 0) is 4.74 Å². The molecule has 0 bridgehead atoms. The zero-order valence-corrected chi connectivity index (χ0v) is 10.1. The van der Waals surface area contributed by atoms with Crippen LogP contribution in [0.15, 0.2) is 0 Å². The van der Waals surface area contributed by atoms with E-state index in [1.807, 2.05) is 0 Å². The Kier molecular flexibility index (Phi) is 5.67. The number of rotatable bonds is 4. The van der Waals surface area contributed by atoms with E-state index in [2.05, 4.69) is 4.74 Å². The van der Waals surface area contributed by atoms with Gasteiger partial charge in [0, 0.05) is 0 Å². The standard InChI is InChI=1S/C4H2Cl6F2O/c5-1(3(7,8)11)13-2(6)4(9,10)12/h1-2H. The van der Waals surface area contributed by atoms with Gasteiger partial charge < -0.3 is 4.74 Å². The van der Waals surface area contributed by atoms with Crippen LogP contribution in [0.5, 0.6) is 0 Å². The maximum atomic E-state index is 12.5. The fourth-order valence-electron chi connectivity index (χ4n) is 0.259. The monoisotopic (exact) mass is 314 g/mol. The molecule has 0 fully saturated rings. The van der Waals surface area contributed by atoms with Gasteiger partial charge in [-0.05, 0) is 0 Å². The van der Waals surface area contributed by atoms with Crippen LogP contribution < -0.4 is 0 Å². The number of hydrogen-bond acceptors (Lipinski definition) is 1. The fraction of sp³-hybridized carbons (Fsp3) is 1.00. The smallest absolute Gasteiger partial charge is 0.297 e. The minimum absolute atomic E-state index is 1.90. The molecule has 2 atom stereocenters. The van der Waals surface area contributed by atoms with E-state index < -0.39 is 20.3 Å². The Morgan fingerprint density at radius 3 is 1.23 bits per heavy atom. The van der Waals surface area contributed by atoms with Gasteiger partial charge in [-0.25, -0.2) is 8.78 Å². The van der Waals surface area contributed by atoms with E-state index in [-0.39, 0.29) is 0 Å². The van der Waals surface area contributed by atoms with Gasteiger partial charge in [0.05, 0.1) is 0 Å². The zero-order chi connectivity index (χ0) is 10.9. The van der Waals surface area contributed by atoms with Crippen LogP contribution in [0.2, 0.25) is 0 Å². The second kappa shape index (κ2) is 5.06. The van der Waals surface area contributed by atoms with Crippen molar-refractivity contribution >= 4 is 69.6 Å². The second-order valence-electron chi connectivity index (χ2n) is 1.85. The lowest BCUT2D eigenvalue weighted by atomic mass is 10.7. The Labute approximate surface area is 103 Å². The molecule has 0 aliphatic rings. The molecule has 0 aromatic rings. The molecule has 0 rings (SSSR count). The van der Waals surface area contributed by atoms with Crippen molar-refractivity contribution in [3.8, 4) is 0 Å². The summed E-state index contributed by atoms with van der Waals surface area (Å²) in [4.78, 5) is 0. The quantitative estimate of drug-likeness (QED) is 0.701. The van der Waals surface area contributed by atoms with Crippen LogP contribution in [0, 0.1) is 0 Å². The number of halogens is 8. The predicted octanol–water partition coefficient (Wildman–Crippen LogP) is 4.33. The van der Waals surface area contributed by atoms with Gasteiger partial charge in [-0.3, -0.25) is 0 Å². The predicted molar refractivity (Wildman–Crippen MR) is 51.5 cm³/mol. The van der Waals surface area contributed by atoms with E-state index >= 15 is 0 Å². The van der Waals surface area contributed by atoms with Gasteiger partial charge in [0.25, 0.3) is 9.17 Å². The highest BCUT2D eigenvalue weighted by atomic mass is 35.5. The third-order valence-corrected chi connectivity index (χ3v) is 2.80. The summed E-state index contributed by atoms with van der Waals surface area (Å²) in [5, 5.41) is 0. The van der Waals surface area contributed by atoms with Crippen molar-refractivity contribution in [2.45, 2.75) is 20.3 Å². The number of ether oxygens (including phenoxy) is 1. The van der Waals surface area contributed by atoms with Crippen molar-refractivity contribution in [3.05, 3.63) is 0 Å². The molecule has 0 saturated carbocycles. The number of alkyl halides is 8. The van der Waals surface area contributed by atoms with E-state index in [4.69, 9.17) is 69.6 Å². The second-order valence-corrected chi connectivity index (χ2v) is 5.23. The third kappa shape index (κ3) is 5.88. The molecule has 0 saturated heterocycles. The first-order chi connectivity index (χ1) is 5.55. The minimum atomic E-state index is -2.92. The van der Waals surface area contributed by atoms with Crippen molar-refractivity contribution < 1.29 is 13.5 Å². The molecular formula is C4H2Cl6F2O. The maximum Gasteiger partial charge on any atom is 0.297 e. The summed E-state index contributed by atoms with van der Waals surface area (Å²) in [6, 6.07) is 0. The summed E-state index contributed by atoms with van der Waals surface area (Å²) in [5.74, 6) is 0. The van der Waals surface area contributed by atoms with Crippen LogP contribution in [0.3, 0.4) is 0 Å². The van der Waals surface area contributed by atoms with Gasteiger partial charge in [0.15, 0.2) is 11.1 Å². The van der Waals surface area contributed by atoms with Crippen molar-refractivity contribution in [1.29, 1.82) is 0 Å². The largest absolute Gasteiger partial charge is 0.331 e. The van der Waals surface area contributed by atoms with E-state index in [0.717, 1.165) is 0 Å². The fourth-order valence-corrected chi connectivity index (χ4v) is 0.723. The maximum absolute atomic E-state index is 12.5. The van der Waals surface area contributed by atoms with Crippen molar-refractivity contribution in [2.75, 3.05) is 0 Å². The minimum Gasteiger partial charge on any atom is -0.331 e. The van der Waals surface area contributed by atoms with Crippen LogP contribution in [-0.4, -0.2) is 20.3 Å². The van der Waals surface area contributed by atoms with Crippen molar-refractivity contribution in [3.63, 3.8) is 0 Å². The summed E-state index contributed by atoms with van der Waals surface area (Å²) in [6.07, 6.45) is 0. The summed E-state index contributed by atoms with van der Waals surface area (Å²) >= 11 is 29.7. The molecule has 0 aromatic carbocycles. The van der Waals surface area contributed by atoms with Crippen LogP contribution in [0.4, 0.5) is 8.78 Å². The lowest BCUT2D eigenvalue weighted by Crippen LogP contribution is -2.33. The first-order valence-electron chi connectivity index (χ1n) is 2.62. The van der Waals surface area contributed by atoms with Gasteiger partial charge in [0.1, 0.15) is 0 Å². The first kappa shape index (κ1) is 14.6. The van der Waals surface area contributed by atoms with Crippen molar-refractivity contribution in [1.82, 2.24) is 0 Å². The molecule has 0 amide bonds. The summed E-state index contributed by atoms with van der Waals surface area (Å²) < 4.78 is 23.5. The van der Waals surface area contributed by atoms with E-state index in [1.165, 1.54) is 0 Å². The van der Waals surface area contributed by atoms with Gasteiger partial charge >= 0.3 is 0 Å². The van der Waals surface area contributed by atoms with Crippen molar-refractivity contribution in [2.24, 2.45) is 0 Å². The SMILES string of the molecule is FC(Cl)(Cl)C(Cl)OC(Cl)C(F)(Cl)Cl. The highest BCUT2D eigenvalue weighted by Crippen LogP contribution is 2.38. The molecule has 9 heteroatoms. The van der Waals surface area contributed by atoms with Crippen LogP contribution in [0.1, 0.15) is 0 Å². The molecular weight excluding hydrogens is 315 g/mol. The average Bonchev–Trinajstić information content (AvgIpc) is 1.82. The van der Waals surface area contributed by atoms with Gasteiger partial charge in [-0.2, -0.15) is 0 Å². The van der Waals surface area contributed by atoms with Gasteiger partial charge in [0.2, 0.25) is 0 Å².